The molecule has 0 bridgehead atoms. The van der Waals surface area contributed by atoms with Gasteiger partial charge in [0.25, 0.3) is 5.91 Å². The van der Waals surface area contributed by atoms with E-state index in [1.54, 1.807) is 18.2 Å². The summed E-state index contributed by atoms with van der Waals surface area (Å²) in [6.07, 6.45) is 0.538. The minimum Gasteiger partial charge on any atom is -0.550 e. The predicted octanol–water partition coefficient (Wildman–Crippen LogP) is -0.837. The molecule has 138 valence electrons. The number of carbonyl (C=O) groups excluding carboxylic acids is 3. The van der Waals surface area contributed by atoms with Gasteiger partial charge in [-0.2, -0.15) is 0 Å². The van der Waals surface area contributed by atoms with Crippen LogP contribution < -0.4 is 19.7 Å². The van der Waals surface area contributed by atoms with Gasteiger partial charge in [0.2, 0.25) is 0 Å². The summed E-state index contributed by atoms with van der Waals surface area (Å²) in [7, 11) is 2.90. The number of carboxylic acid groups (broad SMARTS) is 2. The predicted molar refractivity (Wildman–Crippen MR) is 93.0 cm³/mol. The van der Waals surface area contributed by atoms with Crippen molar-refractivity contribution in [3.63, 3.8) is 0 Å². The summed E-state index contributed by atoms with van der Waals surface area (Å²) in [5.41, 5.74) is 0.511. The zero-order valence-electron chi connectivity index (χ0n) is 13.7. The zero-order chi connectivity index (χ0) is 19.4. The van der Waals surface area contributed by atoms with E-state index in [2.05, 4.69) is 0 Å². The summed E-state index contributed by atoms with van der Waals surface area (Å²) in [5.74, 6) is -3.27. The summed E-state index contributed by atoms with van der Waals surface area (Å²) in [5, 5.41) is 22.0. The summed E-state index contributed by atoms with van der Waals surface area (Å²) in [6.45, 7) is 0. The lowest BCUT2D eigenvalue weighted by molar-refractivity contribution is -0.319. The molecular weight excluding hydrogens is 382 g/mol. The molecule has 0 aliphatic carbocycles. The maximum Gasteiger partial charge on any atom is 0.266 e. The molecule has 0 saturated carbocycles. The lowest BCUT2D eigenvalue weighted by Gasteiger charge is -2.27. The van der Waals surface area contributed by atoms with E-state index < -0.39 is 30.3 Å². The Labute approximate surface area is 158 Å². The summed E-state index contributed by atoms with van der Waals surface area (Å²) >= 11 is 5.89. The summed E-state index contributed by atoms with van der Waals surface area (Å²) in [4.78, 5) is 35.4. The van der Waals surface area contributed by atoms with E-state index in [0.717, 1.165) is 11.8 Å². The van der Waals surface area contributed by atoms with E-state index in [1.165, 1.54) is 20.3 Å². The molecule has 8 nitrogen and oxygen atoms in total. The second kappa shape index (κ2) is 8.19. The quantitative estimate of drug-likeness (QED) is 0.430. The number of ether oxygens (including phenoxy) is 2. The molecular formula is C16H13NO7S2-2. The molecule has 26 heavy (non-hydrogen) atoms. The lowest BCUT2D eigenvalue weighted by Crippen LogP contribution is -2.52. The highest BCUT2D eigenvalue weighted by molar-refractivity contribution is 8.26. The van der Waals surface area contributed by atoms with Crippen LogP contribution >= 0.6 is 24.0 Å². The molecule has 0 aromatic heterocycles. The standard InChI is InChI=1S/C16H15NO7S2/c1-23-10-5-3-4-8(13(10)24-2)6-11-14(20)17(16(25)26-11)9(15(21)22)7-12(18)19/h3-6,9H,7H2,1-2H3,(H,18,19)(H,21,22)/p-2/b11-6-/t9-/m1/s1. The fourth-order valence-electron chi connectivity index (χ4n) is 2.35. The number of methoxy groups -OCH3 is 2. The first-order valence-corrected chi connectivity index (χ1v) is 8.41. The zero-order valence-corrected chi connectivity index (χ0v) is 15.3. The SMILES string of the molecule is COc1cccc(/C=C2\SC(=S)N([C@H](CC(=O)[O-])C(=O)[O-])C2=O)c1OC. The van der Waals surface area contributed by atoms with E-state index in [1.807, 2.05) is 0 Å². The number of hydrogen-bond donors (Lipinski definition) is 0. The van der Waals surface area contributed by atoms with Gasteiger partial charge in [-0.3, -0.25) is 9.69 Å². The summed E-state index contributed by atoms with van der Waals surface area (Å²) in [6, 6.07) is 3.29. The minimum absolute atomic E-state index is 0.0847. The number of para-hydroxylation sites is 1. The van der Waals surface area contributed by atoms with Gasteiger partial charge in [0, 0.05) is 18.0 Å². The van der Waals surface area contributed by atoms with Gasteiger partial charge >= 0.3 is 0 Å². The maximum atomic E-state index is 12.6. The third-order valence-electron chi connectivity index (χ3n) is 3.49. The van der Waals surface area contributed by atoms with Crippen molar-refractivity contribution in [2.24, 2.45) is 0 Å². The van der Waals surface area contributed by atoms with Crippen molar-refractivity contribution in [3.05, 3.63) is 28.7 Å². The monoisotopic (exact) mass is 395 g/mol. The Bertz CT molecular complexity index is 806. The van der Waals surface area contributed by atoms with Gasteiger partial charge < -0.3 is 29.3 Å². The lowest BCUT2D eigenvalue weighted by atomic mass is 10.1. The fraction of sp³-hybridized carbons (Fsp3) is 0.250. The average molecular weight is 395 g/mol. The Balaban J connectivity index is 2.41. The normalized spacial score (nSPS) is 16.7. The third kappa shape index (κ3) is 3.97. The third-order valence-corrected chi connectivity index (χ3v) is 4.82. The Morgan fingerprint density at radius 1 is 1.31 bits per heavy atom. The molecule has 1 aliphatic heterocycles. The van der Waals surface area contributed by atoms with Crippen molar-refractivity contribution in [2.45, 2.75) is 12.5 Å². The molecule has 2 rings (SSSR count). The Kier molecular flexibility index (Phi) is 6.22. The Morgan fingerprint density at radius 2 is 2.00 bits per heavy atom. The van der Waals surface area contributed by atoms with E-state index in [9.17, 15) is 24.6 Å². The topological polar surface area (TPSA) is 119 Å². The first-order valence-electron chi connectivity index (χ1n) is 7.18. The van der Waals surface area contributed by atoms with Crippen LogP contribution in [0.4, 0.5) is 0 Å². The molecule has 1 atom stereocenters. The van der Waals surface area contributed by atoms with Crippen molar-refractivity contribution in [1.29, 1.82) is 0 Å². The average Bonchev–Trinajstić information content (AvgIpc) is 2.85. The molecule has 1 amide bonds. The first kappa shape index (κ1) is 19.7. The van der Waals surface area contributed by atoms with Crippen LogP contribution in [-0.2, 0) is 14.4 Å². The number of aliphatic carboxylic acids is 2. The second-order valence-electron chi connectivity index (χ2n) is 5.05. The second-order valence-corrected chi connectivity index (χ2v) is 6.72. The van der Waals surface area contributed by atoms with Crippen LogP contribution in [0.25, 0.3) is 6.08 Å². The number of thioether (sulfide) groups is 1. The van der Waals surface area contributed by atoms with Crippen LogP contribution in [0.3, 0.4) is 0 Å². The van der Waals surface area contributed by atoms with Crippen LogP contribution in [0.5, 0.6) is 11.5 Å². The number of rotatable bonds is 7. The van der Waals surface area contributed by atoms with Gasteiger partial charge in [-0.05, 0) is 12.1 Å². The van der Waals surface area contributed by atoms with Crippen LogP contribution in [0, 0.1) is 0 Å². The van der Waals surface area contributed by atoms with E-state index in [4.69, 9.17) is 21.7 Å². The highest BCUT2D eigenvalue weighted by atomic mass is 32.2. The molecule has 1 saturated heterocycles. The molecule has 1 aromatic rings. The van der Waals surface area contributed by atoms with Gasteiger partial charge in [-0.1, -0.05) is 36.1 Å². The largest absolute Gasteiger partial charge is 0.550 e. The van der Waals surface area contributed by atoms with Crippen LogP contribution in [0.2, 0.25) is 0 Å². The molecule has 1 aliphatic rings. The Hall–Kier alpha value is -2.59. The maximum absolute atomic E-state index is 12.6. The van der Waals surface area contributed by atoms with E-state index >= 15 is 0 Å². The van der Waals surface area contributed by atoms with Gasteiger partial charge in [0.15, 0.2) is 11.5 Å². The molecule has 0 N–H and O–H groups in total. The molecule has 1 fully saturated rings. The van der Waals surface area contributed by atoms with Crippen molar-refractivity contribution in [3.8, 4) is 11.5 Å². The number of carboxylic acids is 2. The first-order chi connectivity index (χ1) is 12.3. The van der Waals surface area contributed by atoms with Gasteiger partial charge in [-0.15, -0.1) is 0 Å². The molecule has 0 radical (unpaired) electrons. The van der Waals surface area contributed by atoms with Gasteiger partial charge in [-0.25, -0.2) is 0 Å². The minimum atomic E-state index is -1.74. The van der Waals surface area contributed by atoms with Crippen molar-refractivity contribution in [1.82, 2.24) is 4.90 Å². The molecule has 10 heteroatoms. The number of nitrogens with zero attached hydrogens (tertiary/aromatic N) is 1. The van der Waals surface area contributed by atoms with Gasteiger partial charge in [0.05, 0.1) is 31.1 Å². The van der Waals surface area contributed by atoms with E-state index in [-0.39, 0.29) is 9.23 Å². The van der Waals surface area contributed by atoms with Crippen LogP contribution in [0.1, 0.15) is 12.0 Å². The number of carbonyl (C=O) groups is 3. The van der Waals surface area contributed by atoms with E-state index in [0.29, 0.717) is 22.0 Å². The number of hydrogen-bond acceptors (Lipinski definition) is 9. The molecule has 0 spiro atoms. The number of thiocarbonyl (C=S) groups is 1. The molecule has 1 heterocycles. The van der Waals surface area contributed by atoms with Crippen molar-refractivity contribution >= 4 is 52.2 Å². The van der Waals surface area contributed by atoms with Crippen LogP contribution in [0.15, 0.2) is 23.1 Å². The fourth-order valence-corrected chi connectivity index (χ4v) is 3.70. The number of amides is 1. The van der Waals surface area contributed by atoms with Gasteiger partial charge in [0.1, 0.15) is 4.32 Å². The highest BCUT2D eigenvalue weighted by Gasteiger charge is 2.38. The molecule has 1 aromatic carbocycles. The highest BCUT2D eigenvalue weighted by Crippen LogP contribution is 2.38. The summed E-state index contributed by atoms with van der Waals surface area (Å²) < 4.78 is 10.4. The van der Waals surface area contributed by atoms with Crippen LogP contribution in [-0.4, -0.2) is 47.3 Å². The number of benzene rings is 1. The van der Waals surface area contributed by atoms with Crippen molar-refractivity contribution < 1.29 is 34.1 Å². The Morgan fingerprint density at radius 3 is 2.54 bits per heavy atom. The van der Waals surface area contributed by atoms with Crippen molar-refractivity contribution in [2.75, 3.05) is 14.2 Å². The smallest absolute Gasteiger partial charge is 0.266 e. The molecule has 0 unspecified atom stereocenters.